The van der Waals surface area contributed by atoms with Gasteiger partial charge in [0.05, 0.1) is 6.61 Å². The Bertz CT molecular complexity index is 418. The number of amides is 1. The Morgan fingerprint density at radius 2 is 2.11 bits per heavy atom. The lowest BCUT2D eigenvalue weighted by molar-refractivity contribution is -0.128. The molecular weight excluding hydrogens is 242 g/mol. The molecule has 1 atom stereocenters. The van der Waals surface area contributed by atoms with Crippen LogP contribution in [0.2, 0.25) is 0 Å². The summed E-state index contributed by atoms with van der Waals surface area (Å²) >= 11 is 0. The molecule has 0 bridgehead atoms. The minimum atomic E-state index is -0.461. The molecule has 1 rings (SSSR count). The van der Waals surface area contributed by atoms with E-state index in [0.29, 0.717) is 19.6 Å². The fourth-order valence-electron chi connectivity index (χ4n) is 1.72. The number of benzene rings is 1. The second-order valence-corrected chi connectivity index (χ2v) is 4.50. The SMILES string of the molecule is CC[C@@H](Oc1cccc(C)c1C)C(=O)NCCOC. The molecule has 19 heavy (non-hydrogen) atoms. The fraction of sp³-hybridized carbons (Fsp3) is 0.533. The van der Waals surface area contributed by atoms with E-state index >= 15 is 0 Å². The predicted octanol–water partition coefficient (Wildman–Crippen LogP) is 2.22. The van der Waals surface area contributed by atoms with E-state index in [1.54, 1.807) is 7.11 Å². The zero-order valence-corrected chi connectivity index (χ0v) is 12.2. The lowest BCUT2D eigenvalue weighted by Gasteiger charge is -2.19. The van der Waals surface area contributed by atoms with E-state index in [-0.39, 0.29) is 5.91 Å². The molecule has 0 unspecified atom stereocenters. The minimum absolute atomic E-state index is 0.0968. The van der Waals surface area contributed by atoms with Crippen molar-refractivity contribution in [2.24, 2.45) is 0 Å². The van der Waals surface area contributed by atoms with Crippen LogP contribution in [-0.2, 0) is 9.53 Å². The molecule has 1 aromatic carbocycles. The Morgan fingerprint density at radius 3 is 2.74 bits per heavy atom. The average Bonchev–Trinajstić information content (AvgIpc) is 2.40. The number of methoxy groups -OCH3 is 1. The van der Waals surface area contributed by atoms with Gasteiger partial charge in [0.15, 0.2) is 6.10 Å². The highest BCUT2D eigenvalue weighted by molar-refractivity contribution is 5.81. The van der Waals surface area contributed by atoms with Gasteiger partial charge in [-0.2, -0.15) is 0 Å². The number of hydrogen-bond acceptors (Lipinski definition) is 3. The van der Waals surface area contributed by atoms with E-state index in [1.807, 2.05) is 39.0 Å². The van der Waals surface area contributed by atoms with Gasteiger partial charge in [0, 0.05) is 13.7 Å². The number of hydrogen-bond donors (Lipinski definition) is 1. The molecule has 1 amide bonds. The second kappa shape index (κ2) is 7.79. The van der Waals surface area contributed by atoms with Crippen LogP contribution >= 0.6 is 0 Å². The first-order valence-electron chi connectivity index (χ1n) is 6.59. The van der Waals surface area contributed by atoms with Gasteiger partial charge in [0.1, 0.15) is 5.75 Å². The molecule has 106 valence electrons. The van der Waals surface area contributed by atoms with Crippen LogP contribution in [-0.4, -0.2) is 32.3 Å². The lowest BCUT2D eigenvalue weighted by Crippen LogP contribution is -2.39. The van der Waals surface area contributed by atoms with Gasteiger partial charge < -0.3 is 14.8 Å². The predicted molar refractivity (Wildman–Crippen MR) is 75.5 cm³/mol. The van der Waals surface area contributed by atoms with Crippen molar-refractivity contribution in [3.8, 4) is 5.75 Å². The smallest absolute Gasteiger partial charge is 0.261 e. The molecule has 4 heteroatoms. The Hall–Kier alpha value is -1.55. The molecule has 0 radical (unpaired) electrons. The summed E-state index contributed by atoms with van der Waals surface area (Å²) in [5.41, 5.74) is 2.23. The molecule has 0 aliphatic heterocycles. The Morgan fingerprint density at radius 1 is 1.37 bits per heavy atom. The van der Waals surface area contributed by atoms with Gasteiger partial charge in [-0.1, -0.05) is 19.1 Å². The molecule has 0 aliphatic carbocycles. The molecule has 4 nitrogen and oxygen atoms in total. The van der Waals surface area contributed by atoms with Gasteiger partial charge in [-0.3, -0.25) is 4.79 Å². The van der Waals surface area contributed by atoms with E-state index in [1.165, 1.54) is 0 Å². The molecule has 0 aliphatic rings. The van der Waals surface area contributed by atoms with Crippen LogP contribution in [0.25, 0.3) is 0 Å². The first-order valence-corrected chi connectivity index (χ1v) is 6.59. The van der Waals surface area contributed by atoms with E-state index in [4.69, 9.17) is 9.47 Å². The number of nitrogens with one attached hydrogen (secondary N) is 1. The fourth-order valence-corrected chi connectivity index (χ4v) is 1.72. The van der Waals surface area contributed by atoms with Crippen molar-refractivity contribution in [3.63, 3.8) is 0 Å². The minimum Gasteiger partial charge on any atom is -0.480 e. The third kappa shape index (κ3) is 4.56. The summed E-state index contributed by atoms with van der Waals surface area (Å²) in [4.78, 5) is 12.0. The number of aryl methyl sites for hydroxylation is 1. The highest BCUT2D eigenvalue weighted by Gasteiger charge is 2.18. The summed E-state index contributed by atoms with van der Waals surface area (Å²) in [5, 5.41) is 2.80. The van der Waals surface area contributed by atoms with E-state index in [0.717, 1.165) is 16.9 Å². The Kier molecular flexibility index (Phi) is 6.36. The summed E-state index contributed by atoms with van der Waals surface area (Å²) in [6.45, 7) is 6.97. The third-order valence-electron chi connectivity index (χ3n) is 3.09. The first kappa shape index (κ1) is 15.5. The normalized spacial score (nSPS) is 12.0. The standard InChI is InChI=1S/C15H23NO3/c1-5-13(15(17)16-9-10-18-4)19-14-8-6-7-11(2)12(14)3/h6-8,13H,5,9-10H2,1-4H3,(H,16,17)/t13-/m1/s1. The number of rotatable bonds is 7. The van der Waals surface area contributed by atoms with Crippen molar-refractivity contribution in [3.05, 3.63) is 29.3 Å². The van der Waals surface area contributed by atoms with Gasteiger partial charge in [-0.15, -0.1) is 0 Å². The monoisotopic (exact) mass is 265 g/mol. The van der Waals surface area contributed by atoms with Crippen LogP contribution in [0, 0.1) is 13.8 Å². The average molecular weight is 265 g/mol. The number of carbonyl (C=O) groups is 1. The summed E-state index contributed by atoms with van der Waals surface area (Å²) in [6.07, 6.45) is 0.170. The molecule has 1 N–H and O–H groups in total. The number of carbonyl (C=O) groups excluding carboxylic acids is 1. The van der Waals surface area contributed by atoms with Gasteiger partial charge in [-0.25, -0.2) is 0 Å². The zero-order chi connectivity index (χ0) is 14.3. The molecule has 1 aromatic rings. The van der Waals surface area contributed by atoms with E-state index in [9.17, 15) is 4.79 Å². The molecule has 0 spiro atoms. The largest absolute Gasteiger partial charge is 0.480 e. The first-order chi connectivity index (χ1) is 9.10. The van der Waals surface area contributed by atoms with Crippen molar-refractivity contribution in [2.45, 2.75) is 33.3 Å². The molecular formula is C15H23NO3. The van der Waals surface area contributed by atoms with Crippen molar-refractivity contribution in [1.29, 1.82) is 0 Å². The lowest BCUT2D eigenvalue weighted by atomic mass is 10.1. The number of ether oxygens (including phenoxy) is 2. The van der Waals surface area contributed by atoms with Gasteiger partial charge >= 0.3 is 0 Å². The molecule has 0 aromatic heterocycles. The third-order valence-corrected chi connectivity index (χ3v) is 3.09. The van der Waals surface area contributed by atoms with Gasteiger partial charge in [0.2, 0.25) is 0 Å². The van der Waals surface area contributed by atoms with Crippen LogP contribution in [0.4, 0.5) is 0 Å². The Balaban J connectivity index is 2.65. The van der Waals surface area contributed by atoms with Crippen LogP contribution in [0.1, 0.15) is 24.5 Å². The molecule has 0 saturated carbocycles. The highest BCUT2D eigenvalue weighted by Crippen LogP contribution is 2.22. The van der Waals surface area contributed by atoms with E-state index < -0.39 is 6.10 Å². The molecule has 0 fully saturated rings. The summed E-state index contributed by atoms with van der Waals surface area (Å²) in [5.74, 6) is 0.675. The zero-order valence-electron chi connectivity index (χ0n) is 12.2. The van der Waals surface area contributed by atoms with Crippen LogP contribution in [0.5, 0.6) is 5.75 Å². The van der Waals surface area contributed by atoms with Gasteiger partial charge in [-0.05, 0) is 37.5 Å². The summed E-state index contributed by atoms with van der Waals surface area (Å²) in [7, 11) is 1.61. The second-order valence-electron chi connectivity index (χ2n) is 4.50. The quantitative estimate of drug-likeness (QED) is 0.769. The molecule has 0 heterocycles. The van der Waals surface area contributed by atoms with Crippen molar-refractivity contribution < 1.29 is 14.3 Å². The maximum absolute atomic E-state index is 12.0. The van der Waals surface area contributed by atoms with Crippen LogP contribution in [0.15, 0.2) is 18.2 Å². The van der Waals surface area contributed by atoms with Crippen LogP contribution < -0.4 is 10.1 Å². The van der Waals surface area contributed by atoms with Gasteiger partial charge in [0.25, 0.3) is 5.91 Å². The summed E-state index contributed by atoms with van der Waals surface area (Å²) in [6, 6.07) is 5.86. The topological polar surface area (TPSA) is 47.6 Å². The maximum Gasteiger partial charge on any atom is 0.261 e. The molecule has 0 saturated heterocycles. The van der Waals surface area contributed by atoms with Crippen molar-refractivity contribution in [1.82, 2.24) is 5.32 Å². The van der Waals surface area contributed by atoms with Crippen molar-refractivity contribution in [2.75, 3.05) is 20.3 Å². The maximum atomic E-state index is 12.0. The highest BCUT2D eigenvalue weighted by atomic mass is 16.5. The van der Waals surface area contributed by atoms with Crippen molar-refractivity contribution >= 4 is 5.91 Å². The van der Waals surface area contributed by atoms with E-state index in [2.05, 4.69) is 5.32 Å². The van der Waals surface area contributed by atoms with Crippen LogP contribution in [0.3, 0.4) is 0 Å². The summed E-state index contributed by atoms with van der Waals surface area (Å²) < 4.78 is 10.7. The Labute approximate surface area is 115 Å².